The van der Waals surface area contributed by atoms with Crippen LogP contribution in [0.25, 0.3) is 0 Å². The topological polar surface area (TPSA) is 20.2 Å². The first kappa shape index (κ1) is 13.8. The van der Waals surface area contributed by atoms with Crippen LogP contribution in [0.4, 0.5) is 4.39 Å². The average Bonchev–Trinajstić information content (AvgIpc) is 2.34. The van der Waals surface area contributed by atoms with E-state index in [0.717, 1.165) is 0 Å². The Hall–Kier alpha value is -0.610. The van der Waals surface area contributed by atoms with Crippen LogP contribution in [0.3, 0.4) is 0 Å². The van der Waals surface area contributed by atoms with E-state index in [0.29, 0.717) is 20.1 Å². The van der Waals surface area contributed by atoms with Gasteiger partial charge in [-0.15, -0.1) is 0 Å². The van der Waals surface area contributed by atoms with Gasteiger partial charge in [0, 0.05) is 25.6 Å². The molecule has 2 aromatic carbocycles. The highest BCUT2D eigenvalue weighted by Gasteiger charge is 2.18. The maximum Gasteiger partial charge on any atom is 0.129 e. The summed E-state index contributed by atoms with van der Waals surface area (Å²) in [5.41, 5.74) is 0.523. The van der Waals surface area contributed by atoms with Gasteiger partial charge in [-0.05, 0) is 36.4 Å². The second-order valence-electron chi connectivity index (χ2n) is 3.73. The fourth-order valence-electron chi connectivity index (χ4n) is 1.62. The lowest BCUT2D eigenvalue weighted by Crippen LogP contribution is -2.03. The molecule has 1 nitrogen and oxygen atoms in total. The van der Waals surface area contributed by atoms with Crippen LogP contribution in [0, 0.1) is 5.82 Å². The Labute approximate surface area is 122 Å². The molecule has 0 aliphatic heterocycles. The van der Waals surface area contributed by atoms with E-state index in [1.54, 1.807) is 18.2 Å². The molecular weight excluding hydrogens is 342 g/mol. The van der Waals surface area contributed by atoms with Crippen molar-refractivity contribution in [3.8, 4) is 0 Å². The minimum Gasteiger partial charge on any atom is -0.383 e. The molecule has 0 heterocycles. The molecule has 2 rings (SSSR count). The van der Waals surface area contributed by atoms with Crippen molar-refractivity contribution < 1.29 is 9.50 Å². The van der Waals surface area contributed by atoms with Gasteiger partial charge in [0.05, 0.1) is 0 Å². The summed E-state index contributed by atoms with van der Waals surface area (Å²) in [6.45, 7) is 0. The van der Waals surface area contributed by atoms with Gasteiger partial charge in [0.25, 0.3) is 0 Å². The lowest BCUT2D eigenvalue weighted by atomic mass is 10.0. The number of aliphatic hydroxyl groups excluding tert-OH is 1. The van der Waals surface area contributed by atoms with Gasteiger partial charge in [0.2, 0.25) is 0 Å². The molecule has 0 aliphatic carbocycles. The summed E-state index contributed by atoms with van der Waals surface area (Å²) in [5, 5.41) is 11.0. The summed E-state index contributed by atoms with van der Waals surface area (Å²) >= 11 is 15.1. The van der Waals surface area contributed by atoms with Crippen LogP contribution in [0.2, 0.25) is 10.0 Å². The maximum absolute atomic E-state index is 13.7. The number of rotatable bonds is 2. The molecule has 5 heteroatoms. The largest absolute Gasteiger partial charge is 0.383 e. The van der Waals surface area contributed by atoms with E-state index in [2.05, 4.69) is 15.9 Å². The molecule has 0 aromatic heterocycles. The summed E-state index contributed by atoms with van der Waals surface area (Å²) in [6, 6.07) is 9.05. The van der Waals surface area contributed by atoms with Crippen LogP contribution in [0.15, 0.2) is 40.9 Å². The first-order chi connectivity index (χ1) is 8.49. The SMILES string of the molecule is OC(c1cc(Br)ccc1F)c1cc(Cl)ccc1Cl. The Balaban J connectivity index is 2.50. The molecule has 1 N–H and O–H groups in total. The maximum atomic E-state index is 13.7. The highest BCUT2D eigenvalue weighted by atomic mass is 79.9. The molecule has 0 saturated carbocycles. The molecule has 0 aliphatic rings. The van der Waals surface area contributed by atoms with E-state index in [1.807, 2.05) is 0 Å². The normalized spacial score (nSPS) is 12.5. The third-order valence-corrected chi connectivity index (χ3v) is 3.58. The highest BCUT2D eigenvalue weighted by molar-refractivity contribution is 9.10. The second kappa shape index (κ2) is 5.57. The quantitative estimate of drug-likeness (QED) is 0.810. The van der Waals surface area contributed by atoms with Crippen LogP contribution in [-0.4, -0.2) is 5.11 Å². The highest BCUT2D eigenvalue weighted by Crippen LogP contribution is 2.32. The predicted octanol–water partition coefficient (Wildman–Crippen LogP) is 4.98. The van der Waals surface area contributed by atoms with Crippen molar-refractivity contribution >= 4 is 39.1 Å². The van der Waals surface area contributed by atoms with E-state index < -0.39 is 11.9 Å². The first-order valence-electron chi connectivity index (χ1n) is 5.07. The van der Waals surface area contributed by atoms with Gasteiger partial charge < -0.3 is 5.11 Å². The molecule has 0 amide bonds. The molecule has 0 fully saturated rings. The molecule has 2 aromatic rings. The number of aliphatic hydroxyl groups is 1. The third-order valence-electron chi connectivity index (χ3n) is 2.51. The van der Waals surface area contributed by atoms with Crippen molar-refractivity contribution in [2.45, 2.75) is 6.10 Å². The zero-order valence-corrected chi connectivity index (χ0v) is 12.1. The summed E-state index contributed by atoms with van der Waals surface area (Å²) in [4.78, 5) is 0. The molecule has 18 heavy (non-hydrogen) atoms. The van der Waals surface area contributed by atoms with Gasteiger partial charge in [0.15, 0.2) is 0 Å². The molecule has 0 bridgehead atoms. The fraction of sp³-hybridized carbons (Fsp3) is 0.0769. The van der Waals surface area contributed by atoms with E-state index in [-0.39, 0.29) is 5.56 Å². The van der Waals surface area contributed by atoms with Crippen molar-refractivity contribution in [3.05, 3.63) is 67.9 Å². The Morgan fingerprint density at radius 2 is 1.78 bits per heavy atom. The molecule has 1 unspecified atom stereocenters. The number of hydrogen-bond donors (Lipinski definition) is 1. The fourth-order valence-corrected chi connectivity index (χ4v) is 2.40. The number of benzene rings is 2. The molecule has 1 atom stereocenters. The smallest absolute Gasteiger partial charge is 0.129 e. The lowest BCUT2D eigenvalue weighted by molar-refractivity contribution is 0.215. The minimum atomic E-state index is -1.16. The number of hydrogen-bond acceptors (Lipinski definition) is 1. The molecule has 0 radical (unpaired) electrons. The van der Waals surface area contributed by atoms with Crippen LogP contribution < -0.4 is 0 Å². The average molecular weight is 350 g/mol. The van der Waals surface area contributed by atoms with Gasteiger partial charge in [-0.2, -0.15) is 0 Å². The summed E-state index contributed by atoms with van der Waals surface area (Å²) in [5.74, 6) is -0.498. The van der Waals surface area contributed by atoms with Gasteiger partial charge in [-0.3, -0.25) is 0 Å². The van der Waals surface area contributed by atoms with Gasteiger partial charge in [0.1, 0.15) is 11.9 Å². The molecule has 0 spiro atoms. The van der Waals surface area contributed by atoms with Crippen molar-refractivity contribution in [3.63, 3.8) is 0 Å². The van der Waals surface area contributed by atoms with E-state index in [4.69, 9.17) is 23.2 Å². The number of halogens is 4. The Morgan fingerprint density at radius 3 is 2.50 bits per heavy atom. The predicted molar refractivity (Wildman–Crippen MR) is 74.6 cm³/mol. The monoisotopic (exact) mass is 348 g/mol. The third kappa shape index (κ3) is 2.86. The van der Waals surface area contributed by atoms with Crippen molar-refractivity contribution in [1.82, 2.24) is 0 Å². The first-order valence-corrected chi connectivity index (χ1v) is 6.62. The molecule has 94 valence electrons. The summed E-state index contributed by atoms with van der Waals surface area (Å²) < 4.78 is 14.4. The van der Waals surface area contributed by atoms with Crippen LogP contribution in [0.1, 0.15) is 17.2 Å². The van der Waals surface area contributed by atoms with Crippen LogP contribution >= 0.6 is 39.1 Å². The van der Waals surface area contributed by atoms with Gasteiger partial charge in [-0.1, -0.05) is 39.1 Å². The molecular formula is C13H8BrCl2FO. The van der Waals surface area contributed by atoms with Crippen molar-refractivity contribution in [1.29, 1.82) is 0 Å². The summed E-state index contributed by atoms with van der Waals surface area (Å²) in [7, 11) is 0. The van der Waals surface area contributed by atoms with E-state index in [9.17, 15) is 9.50 Å². The zero-order chi connectivity index (χ0) is 13.3. The zero-order valence-electron chi connectivity index (χ0n) is 9.00. The van der Waals surface area contributed by atoms with Crippen molar-refractivity contribution in [2.75, 3.05) is 0 Å². The Bertz CT molecular complexity index is 538. The molecule has 0 saturated heterocycles. The van der Waals surface area contributed by atoms with Gasteiger partial charge in [-0.25, -0.2) is 4.39 Å². The van der Waals surface area contributed by atoms with E-state index >= 15 is 0 Å². The van der Waals surface area contributed by atoms with Crippen LogP contribution in [0.5, 0.6) is 0 Å². The standard InChI is InChI=1S/C13H8BrCl2FO/c14-7-1-4-12(17)10(5-7)13(18)9-6-8(15)2-3-11(9)16/h1-6,13,18H. The second-order valence-corrected chi connectivity index (χ2v) is 5.49. The van der Waals surface area contributed by atoms with E-state index in [1.165, 1.54) is 18.2 Å². The van der Waals surface area contributed by atoms with Gasteiger partial charge >= 0.3 is 0 Å². The van der Waals surface area contributed by atoms with Crippen molar-refractivity contribution in [2.24, 2.45) is 0 Å². The van der Waals surface area contributed by atoms with Crippen LogP contribution in [-0.2, 0) is 0 Å². The Morgan fingerprint density at radius 1 is 1.06 bits per heavy atom. The summed E-state index contributed by atoms with van der Waals surface area (Å²) in [6.07, 6.45) is -1.16. The minimum absolute atomic E-state index is 0.147. The Kier molecular flexibility index (Phi) is 4.28. The lowest BCUT2D eigenvalue weighted by Gasteiger charge is -2.14.